The number of carbonyl (C=O) groups is 1. The van der Waals surface area contributed by atoms with Crippen LogP contribution < -0.4 is 9.88 Å². The van der Waals surface area contributed by atoms with Crippen molar-refractivity contribution < 1.29 is 23.1 Å². The molecule has 0 bridgehead atoms. The Morgan fingerprint density at radius 2 is 1.78 bits per heavy atom. The number of sulfonamides is 1. The summed E-state index contributed by atoms with van der Waals surface area (Å²) in [5.74, 6) is 0.545. The molecule has 7 nitrogen and oxygen atoms in total. The summed E-state index contributed by atoms with van der Waals surface area (Å²) in [5.41, 5.74) is -0.434. The zero-order valence-corrected chi connectivity index (χ0v) is 14.5. The van der Waals surface area contributed by atoms with Crippen molar-refractivity contribution in [1.82, 2.24) is 4.90 Å². The number of rotatable bonds is 7. The smallest absolute Gasteiger partial charge is 0.407 e. The number of hydrogen-bond donors (Lipinski definition) is 2. The summed E-state index contributed by atoms with van der Waals surface area (Å²) in [6.07, 6.45) is 0.437. The van der Waals surface area contributed by atoms with Crippen molar-refractivity contribution in [3.63, 3.8) is 0 Å². The highest BCUT2D eigenvalue weighted by Crippen LogP contribution is 2.16. The zero-order chi connectivity index (χ0) is 17.7. The molecule has 0 saturated carbocycles. The summed E-state index contributed by atoms with van der Waals surface area (Å²) in [7, 11) is -3.70. The molecule has 8 heteroatoms. The van der Waals surface area contributed by atoms with E-state index in [1.807, 2.05) is 20.8 Å². The van der Waals surface area contributed by atoms with Gasteiger partial charge in [-0.3, -0.25) is 0 Å². The van der Waals surface area contributed by atoms with E-state index in [2.05, 4.69) is 0 Å². The van der Waals surface area contributed by atoms with Crippen LogP contribution in [0.4, 0.5) is 4.79 Å². The van der Waals surface area contributed by atoms with E-state index in [0.29, 0.717) is 31.7 Å². The lowest BCUT2D eigenvalue weighted by Crippen LogP contribution is -2.45. The minimum absolute atomic E-state index is 0.0344. The molecule has 23 heavy (non-hydrogen) atoms. The summed E-state index contributed by atoms with van der Waals surface area (Å²) in [4.78, 5) is 12.6. The van der Waals surface area contributed by atoms with E-state index in [0.717, 1.165) is 0 Å². The van der Waals surface area contributed by atoms with E-state index in [9.17, 15) is 18.3 Å². The number of amides is 1. The first kappa shape index (κ1) is 19.2. The summed E-state index contributed by atoms with van der Waals surface area (Å²) in [6.45, 7) is 6.42. The minimum atomic E-state index is -3.70. The van der Waals surface area contributed by atoms with Crippen molar-refractivity contribution in [1.29, 1.82) is 0 Å². The largest absolute Gasteiger partial charge is 0.494 e. The van der Waals surface area contributed by atoms with Crippen molar-refractivity contribution in [2.45, 2.75) is 44.0 Å². The second-order valence-corrected chi connectivity index (χ2v) is 7.74. The number of benzene rings is 1. The summed E-state index contributed by atoms with van der Waals surface area (Å²) >= 11 is 0. The molecular weight excluding hydrogens is 320 g/mol. The molecule has 1 rings (SSSR count). The Labute approximate surface area is 137 Å². The Balaban J connectivity index is 2.39. The van der Waals surface area contributed by atoms with Gasteiger partial charge < -0.3 is 14.7 Å². The highest BCUT2D eigenvalue weighted by molar-refractivity contribution is 7.89. The number of primary sulfonamides is 1. The molecular formula is C15H24N2O5S. The maximum atomic E-state index is 11.2. The molecule has 0 heterocycles. The molecule has 0 radical (unpaired) electrons. The van der Waals surface area contributed by atoms with E-state index >= 15 is 0 Å². The van der Waals surface area contributed by atoms with Gasteiger partial charge in [-0.15, -0.1) is 0 Å². The monoisotopic (exact) mass is 344 g/mol. The van der Waals surface area contributed by atoms with Crippen molar-refractivity contribution in [3.05, 3.63) is 24.3 Å². The second kappa shape index (κ2) is 7.65. The average Bonchev–Trinajstić information content (AvgIpc) is 2.40. The summed E-state index contributed by atoms with van der Waals surface area (Å²) in [6, 6.07) is 5.85. The lowest BCUT2D eigenvalue weighted by molar-refractivity contribution is 0.0980. The average molecular weight is 344 g/mol. The first-order chi connectivity index (χ1) is 10.5. The maximum absolute atomic E-state index is 11.2. The fraction of sp³-hybridized carbons (Fsp3) is 0.533. The molecule has 1 amide bonds. The SMILES string of the molecule is CC(C)(C)N(CCCCOc1ccc(S(N)(=O)=O)cc1)C(=O)O. The molecule has 3 N–H and O–H groups in total. The topological polar surface area (TPSA) is 110 Å². The van der Waals surface area contributed by atoms with Gasteiger partial charge in [-0.05, 0) is 57.9 Å². The molecule has 0 spiro atoms. The normalized spacial score (nSPS) is 12.0. The molecule has 130 valence electrons. The molecule has 0 fully saturated rings. The van der Waals surface area contributed by atoms with Crippen LogP contribution in [0.1, 0.15) is 33.6 Å². The van der Waals surface area contributed by atoms with Crippen LogP contribution in [0.5, 0.6) is 5.75 Å². The van der Waals surface area contributed by atoms with Crippen LogP contribution in [0.25, 0.3) is 0 Å². The van der Waals surface area contributed by atoms with Gasteiger partial charge in [0.1, 0.15) is 5.75 Å². The Kier molecular flexibility index (Phi) is 6.40. The van der Waals surface area contributed by atoms with E-state index in [1.165, 1.54) is 17.0 Å². The molecule has 0 aliphatic rings. The van der Waals surface area contributed by atoms with Crippen LogP contribution in [-0.4, -0.2) is 43.2 Å². The number of unbranched alkanes of at least 4 members (excludes halogenated alkanes) is 1. The Morgan fingerprint density at radius 3 is 2.22 bits per heavy atom. The van der Waals surface area contributed by atoms with E-state index in [-0.39, 0.29) is 4.90 Å². The van der Waals surface area contributed by atoms with E-state index in [4.69, 9.17) is 9.88 Å². The van der Waals surface area contributed by atoms with Gasteiger partial charge in [-0.1, -0.05) is 0 Å². The van der Waals surface area contributed by atoms with Crippen LogP contribution >= 0.6 is 0 Å². The molecule has 0 unspecified atom stereocenters. The molecule has 1 aromatic rings. The van der Waals surface area contributed by atoms with Crippen LogP contribution in [0.2, 0.25) is 0 Å². The fourth-order valence-corrected chi connectivity index (χ4v) is 2.52. The third kappa shape index (κ3) is 6.45. The van der Waals surface area contributed by atoms with Crippen molar-refractivity contribution in [2.24, 2.45) is 5.14 Å². The van der Waals surface area contributed by atoms with E-state index in [1.54, 1.807) is 12.1 Å². The minimum Gasteiger partial charge on any atom is -0.494 e. The third-order valence-corrected chi connectivity index (χ3v) is 4.17. The fourth-order valence-electron chi connectivity index (χ4n) is 2.01. The van der Waals surface area contributed by atoms with Gasteiger partial charge in [0, 0.05) is 12.1 Å². The second-order valence-electron chi connectivity index (χ2n) is 6.18. The molecule has 0 saturated heterocycles. The van der Waals surface area contributed by atoms with Gasteiger partial charge >= 0.3 is 6.09 Å². The highest BCUT2D eigenvalue weighted by atomic mass is 32.2. The summed E-state index contributed by atoms with van der Waals surface area (Å²) in [5, 5.41) is 14.2. The molecule has 0 aliphatic carbocycles. The molecule has 0 aromatic heterocycles. The maximum Gasteiger partial charge on any atom is 0.407 e. The number of hydrogen-bond acceptors (Lipinski definition) is 4. The Bertz CT molecular complexity index is 620. The highest BCUT2D eigenvalue weighted by Gasteiger charge is 2.25. The van der Waals surface area contributed by atoms with Crippen LogP contribution in [0.3, 0.4) is 0 Å². The third-order valence-electron chi connectivity index (χ3n) is 3.24. The predicted molar refractivity (Wildman–Crippen MR) is 87.0 cm³/mol. The van der Waals surface area contributed by atoms with Crippen LogP contribution in [-0.2, 0) is 10.0 Å². The summed E-state index contributed by atoms with van der Waals surface area (Å²) < 4.78 is 27.8. The quantitative estimate of drug-likeness (QED) is 0.737. The lowest BCUT2D eigenvalue weighted by atomic mass is 10.1. The van der Waals surface area contributed by atoms with Gasteiger partial charge in [-0.2, -0.15) is 0 Å². The van der Waals surface area contributed by atoms with Gasteiger partial charge in [0.2, 0.25) is 10.0 Å². The van der Waals surface area contributed by atoms with Crippen molar-refractivity contribution in [3.8, 4) is 5.75 Å². The first-order valence-corrected chi connectivity index (χ1v) is 8.82. The molecule has 0 aliphatic heterocycles. The number of carboxylic acid groups (broad SMARTS) is 1. The molecule has 1 aromatic carbocycles. The molecule has 0 atom stereocenters. The predicted octanol–water partition coefficient (Wildman–Crippen LogP) is 2.27. The number of nitrogens with zero attached hydrogens (tertiary/aromatic N) is 1. The van der Waals surface area contributed by atoms with Gasteiger partial charge in [-0.25, -0.2) is 18.4 Å². The van der Waals surface area contributed by atoms with Gasteiger partial charge in [0.15, 0.2) is 0 Å². The van der Waals surface area contributed by atoms with Gasteiger partial charge in [0.25, 0.3) is 0 Å². The Morgan fingerprint density at radius 1 is 1.22 bits per heavy atom. The Hall–Kier alpha value is -1.80. The van der Waals surface area contributed by atoms with Crippen molar-refractivity contribution >= 4 is 16.1 Å². The number of ether oxygens (including phenoxy) is 1. The zero-order valence-electron chi connectivity index (χ0n) is 13.7. The standard InChI is InChI=1S/C15H24N2O5S/c1-15(2,3)17(14(18)19)10-4-5-11-22-12-6-8-13(9-7-12)23(16,20)21/h6-9H,4-5,10-11H2,1-3H3,(H,18,19)(H2,16,20,21). The first-order valence-electron chi connectivity index (χ1n) is 7.28. The van der Waals surface area contributed by atoms with Crippen LogP contribution in [0, 0.1) is 0 Å². The van der Waals surface area contributed by atoms with Gasteiger partial charge in [0.05, 0.1) is 11.5 Å². The lowest BCUT2D eigenvalue weighted by Gasteiger charge is -2.33. The number of nitrogens with two attached hydrogens (primary N) is 1. The van der Waals surface area contributed by atoms with Crippen LogP contribution in [0.15, 0.2) is 29.2 Å². The van der Waals surface area contributed by atoms with Crippen molar-refractivity contribution in [2.75, 3.05) is 13.2 Å². The van der Waals surface area contributed by atoms with E-state index < -0.39 is 21.7 Å².